The number of hydrogen-bond acceptors (Lipinski definition) is 4. The Hall–Kier alpha value is -1.46. The third kappa shape index (κ3) is 2.34. The van der Waals surface area contributed by atoms with Gasteiger partial charge < -0.3 is 4.90 Å². The average Bonchev–Trinajstić information content (AvgIpc) is 3.11. The number of imidazole rings is 1. The molecule has 2 aliphatic heterocycles. The van der Waals surface area contributed by atoms with Gasteiger partial charge in [0.15, 0.2) is 5.65 Å². The molecule has 2 fully saturated rings. The second-order valence-corrected chi connectivity index (χ2v) is 6.40. The number of rotatable bonds is 2. The van der Waals surface area contributed by atoms with Crippen molar-refractivity contribution in [2.45, 2.75) is 37.8 Å². The van der Waals surface area contributed by atoms with Gasteiger partial charge >= 0.3 is 0 Å². The van der Waals surface area contributed by atoms with Crippen LogP contribution in [0.4, 0.5) is 0 Å². The molecule has 0 aliphatic carbocycles. The molecular formula is C16H23N5. The molecule has 21 heavy (non-hydrogen) atoms. The summed E-state index contributed by atoms with van der Waals surface area (Å²) >= 11 is 0. The third-order valence-electron chi connectivity index (χ3n) is 4.83. The fraction of sp³-hybridized carbons (Fsp3) is 0.625. The highest BCUT2D eigenvalue weighted by Gasteiger charge is 2.29. The summed E-state index contributed by atoms with van der Waals surface area (Å²) in [5.41, 5.74) is 2.08. The lowest BCUT2D eigenvalue weighted by Gasteiger charge is -2.27. The first-order chi connectivity index (χ1) is 10.3. The van der Waals surface area contributed by atoms with Gasteiger partial charge in [0.25, 0.3) is 0 Å². The molecule has 0 amide bonds. The third-order valence-corrected chi connectivity index (χ3v) is 4.83. The molecule has 2 aromatic heterocycles. The molecule has 0 aromatic carbocycles. The van der Waals surface area contributed by atoms with Crippen LogP contribution < -0.4 is 5.32 Å². The van der Waals surface area contributed by atoms with Crippen molar-refractivity contribution in [1.29, 1.82) is 0 Å². The first-order valence-corrected chi connectivity index (χ1v) is 8.08. The minimum absolute atomic E-state index is 0.361. The van der Waals surface area contributed by atoms with Crippen molar-refractivity contribution in [3.63, 3.8) is 0 Å². The Morgan fingerprint density at radius 3 is 3.00 bits per heavy atom. The summed E-state index contributed by atoms with van der Waals surface area (Å²) in [5.74, 6) is 1.76. The van der Waals surface area contributed by atoms with E-state index in [0.717, 1.165) is 24.3 Å². The molecular weight excluding hydrogens is 262 g/mol. The van der Waals surface area contributed by atoms with Gasteiger partial charge in [0, 0.05) is 18.7 Å². The Kier molecular flexibility index (Phi) is 3.39. The molecule has 0 spiro atoms. The van der Waals surface area contributed by atoms with E-state index in [1.54, 1.807) is 0 Å². The molecule has 5 heteroatoms. The molecule has 5 nitrogen and oxygen atoms in total. The van der Waals surface area contributed by atoms with Crippen molar-refractivity contribution in [2.75, 3.05) is 26.7 Å². The number of piperidine rings is 1. The van der Waals surface area contributed by atoms with Crippen molar-refractivity contribution in [1.82, 2.24) is 24.8 Å². The predicted octanol–water partition coefficient (Wildman–Crippen LogP) is 2.12. The largest absolute Gasteiger partial charge is 0.306 e. The van der Waals surface area contributed by atoms with Crippen molar-refractivity contribution < 1.29 is 0 Å². The van der Waals surface area contributed by atoms with Crippen molar-refractivity contribution in [3.05, 3.63) is 24.2 Å². The van der Waals surface area contributed by atoms with Gasteiger partial charge in [0.2, 0.25) is 0 Å². The van der Waals surface area contributed by atoms with Gasteiger partial charge in [-0.1, -0.05) is 0 Å². The van der Waals surface area contributed by atoms with E-state index < -0.39 is 0 Å². The number of likely N-dealkylation sites (N-methyl/N-ethyl adjacent to an activating group) is 1. The summed E-state index contributed by atoms with van der Waals surface area (Å²) in [6.07, 6.45) is 7.18. The fourth-order valence-electron chi connectivity index (χ4n) is 3.74. The molecule has 0 saturated carbocycles. The summed E-state index contributed by atoms with van der Waals surface area (Å²) < 4.78 is 2.39. The number of nitrogens with zero attached hydrogens (tertiary/aromatic N) is 4. The summed E-state index contributed by atoms with van der Waals surface area (Å²) in [4.78, 5) is 12.0. The normalized spacial score (nSPS) is 27.5. The number of pyridine rings is 1. The lowest BCUT2D eigenvalue weighted by Crippen LogP contribution is -2.33. The molecule has 2 aliphatic rings. The Balaban J connectivity index is 1.80. The minimum Gasteiger partial charge on any atom is -0.306 e. The van der Waals surface area contributed by atoms with Crippen LogP contribution in [0.5, 0.6) is 0 Å². The summed E-state index contributed by atoms with van der Waals surface area (Å²) in [6.45, 7) is 3.37. The van der Waals surface area contributed by atoms with Gasteiger partial charge in [-0.2, -0.15) is 0 Å². The van der Waals surface area contributed by atoms with E-state index in [1.807, 2.05) is 12.3 Å². The molecule has 2 aromatic rings. The number of aromatic nitrogens is 3. The monoisotopic (exact) mass is 285 g/mol. The van der Waals surface area contributed by atoms with E-state index in [0.29, 0.717) is 12.1 Å². The number of nitrogens with one attached hydrogen (secondary N) is 1. The SMILES string of the molecule is CN1CCC(c2nc3cccnc3n2C2CCCCN2)C1. The Morgan fingerprint density at radius 1 is 1.29 bits per heavy atom. The molecule has 0 radical (unpaired) electrons. The zero-order valence-corrected chi connectivity index (χ0v) is 12.6. The maximum absolute atomic E-state index is 4.94. The number of fused-ring (bicyclic) bond motifs is 1. The van der Waals surface area contributed by atoms with Crippen LogP contribution in [0, 0.1) is 0 Å². The zero-order valence-electron chi connectivity index (χ0n) is 12.6. The minimum atomic E-state index is 0.361. The van der Waals surface area contributed by atoms with Crippen LogP contribution in [-0.4, -0.2) is 46.1 Å². The molecule has 2 atom stereocenters. The standard InChI is InChI=1S/C16H23N5/c1-20-10-7-12(11-20)15-19-13-5-4-9-18-16(13)21(15)14-6-2-3-8-17-14/h4-5,9,12,14,17H,2-3,6-8,10-11H2,1H3. The lowest BCUT2D eigenvalue weighted by atomic mass is 10.1. The average molecular weight is 285 g/mol. The summed E-state index contributed by atoms with van der Waals surface area (Å²) in [6, 6.07) is 4.07. The van der Waals surface area contributed by atoms with E-state index in [9.17, 15) is 0 Å². The quantitative estimate of drug-likeness (QED) is 0.918. The van der Waals surface area contributed by atoms with Crippen LogP contribution >= 0.6 is 0 Å². The first kappa shape index (κ1) is 13.2. The zero-order chi connectivity index (χ0) is 14.2. The van der Waals surface area contributed by atoms with E-state index in [2.05, 4.69) is 32.9 Å². The predicted molar refractivity (Wildman–Crippen MR) is 83.3 cm³/mol. The molecule has 4 heterocycles. The highest BCUT2D eigenvalue weighted by Crippen LogP contribution is 2.32. The summed E-state index contributed by atoms with van der Waals surface area (Å²) in [5, 5.41) is 3.66. The smallest absolute Gasteiger partial charge is 0.161 e. The molecule has 2 unspecified atom stereocenters. The van der Waals surface area contributed by atoms with E-state index in [4.69, 9.17) is 4.98 Å². The molecule has 4 rings (SSSR count). The van der Waals surface area contributed by atoms with Gasteiger partial charge in [-0.15, -0.1) is 0 Å². The van der Waals surface area contributed by atoms with Crippen LogP contribution in [0.1, 0.15) is 43.6 Å². The second-order valence-electron chi connectivity index (χ2n) is 6.40. The van der Waals surface area contributed by atoms with Crippen LogP contribution in [0.25, 0.3) is 11.2 Å². The lowest BCUT2D eigenvalue weighted by molar-refractivity contribution is 0.313. The van der Waals surface area contributed by atoms with Crippen LogP contribution in [0.3, 0.4) is 0 Å². The van der Waals surface area contributed by atoms with Crippen molar-refractivity contribution >= 4 is 11.2 Å². The van der Waals surface area contributed by atoms with Crippen LogP contribution in [0.15, 0.2) is 18.3 Å². The maximum atomic E-state index is 4.94. The van der Waals surface area contributed by atoms with Crippen LogP contribution in [-0.2, 0) is 0 Å². The molecule has 112 valence electrons. The highest BCUT2D eigenvalue weighted by molar-refractivity contribution is 5.71. The van der Waals surface area contributed by atoms with E-state index >= 15 is 0 Å². The Morgan fingerprint density at radius 2 is 2.24 bits per heavy atom. The first-order valence-electron chi connectivity index (χ1n) is 8.08. The van der Waals surface area contributed by atoms with Gasteiger partial charge in [-0.3, -0.25) is 9.88 Å². The second kappa shape index (κ2) is 5.39. The molecule has 1 N–H and O–H groups in total. The Bertz CT molecular complexity index is 629. The van der Waals surface area contributed by atoms with Crippen molar-refractivity contribution in [2.24, 2.45) is 0 Å². The van der Waals surface area contributed by atoms with Gasteiger partial charge in [-0.05, 0) is 58.0 Å². The van der Waals surface area contributed by atoms with Crippen LogP contribution in [0.2, 0.25) is 0 Å². The number of hydrogen-bond donors (Lipinski definition) is 1. The van der Waals surface area contributed by atoms with E-state index in [1.165, 1.54) is 38.1 Å². The van der Waals surface area contributed by atoms with Crippen molar-refractivity contribution in [3.8, 4) is 0 Å². The molecule has 0 bridgehead atoms. The summed E-state index contributed by atoms with van der Waals surface area (Å²) in [7, 11) is 2.20. The van der Waals surface area contributed by atoms with E-state index in [-0.39, 0.29) is 0 Å². The van der Waals surface area contributed by atoms with Gasteiger partial charge in [0.05, 0.1) is 6.17 Å². The Labute approximate surface area is 125 Å². The highest BCUT2D eigenvalue weighted by atomic mass is 15.3. The topological polar surface area (TPSA) is 46.0 Å². The fourth-order valence-corrected chi connectivity index (χ4v) is 3.74. The van der Waals surface area contributed by atoms with Gasteiger partial charge in [-0.25, -0.2) is 9.97 Å². The maximum Gasteiger partial charge on any atom is 0.161 e. The number of likely N-dealkylation sites (tertiary alicyclic amines) is 1. The molecule has 2 saturated heterocycles. The van der Waals surface area contributed by atoms with Gasteiger partial charge in [0.1, 0.15) is 11.3 Å².